The zero-order valence-electron chi connectivity index (χ0n) is 25.9. The predicted octanol–water partition coefficient (Wildman–Crippen LogP) is 9.30. The Labute approximate surface area is 252 Å². The lowest BCUT2D eigenvalue weighted by atomic mass is 10.1. The summed E-state index contributed by atoms with van der Waals surface area (Å²) in [6.45, 7) is 12.3. The second-order valence-electron chi connectivity index (χ2n) is 11.5. The molecule has 0 unspecified atom stereocenters. The van der Waals surface area contributed by atoms with E-state index in [-0.39, 0.29) is 0 Å². The third-order valence-electron chi connectivity index (χ3n) is 8.08. The van der Waals surface area contributed by atoms with Crippen LogP contribution in [-0.2, 0) is 19.6 Å². The quantitative estimate of drug-likeness (QED) is 0.138. The van der Waals surface area contributed by atoms with E-state index in [1.807, 2.05) is 12.1 Å². The lowest BCUT2D eigenvalue weighted by Gasteiger charge is -2.25. The molecule has 42 heavy (non-hydrogen) atoms. The molecule has 0 bridgehead atoms. The van der Waals surface area contributed by atoms with Crippen molar-refractivity contribution in [2.24, 2.45) is 0 Å². The first-order valence-corrected chi connectivity index (χ1v) is 15.7. The minimum Gasteiger partial charge on any atom is -0.478 e. The van der Waals surface area contributed by atoms with E-state index in [0.29, 0.717) is 5.56 Å². The third-order valence-corrected chi connectivity index (χ3v) is 8.08. The fourth-order valence-corrected chi connectivity index (χ4v) is 5.58. The van der Waals surface area contributed by atoms with Gasteiger partial charge in [0.05, 0.1) is 17.0 Å². The highest BCUT2D eigenvalue weighted by molar-refractivity contribution is 5.87. The fourth-order valence-electron chi connectivity index (χ4n) is 5.58. The summed E-state index contributed by atoms with van der Waals surface area (Å²) in [4.78, 5) is 19.4. The molecular weight excluding hydrogens is 518 g/mol. The molecule has 0 aliphatic carbocycles. The zero-order valence-corrected chi connectivity index (χ0v) is 25.9. The van der Waals surface area contributed by atoms with Gasteiger partial charge in [-0.3, -0.25) is 4.90 Å². The van der Waals surface area contributed by atoms with Gasteiger partial charge < -0.3 is 9.67 Å². The molecule has 1 heterocycles. The summed E-state index contributed by atoms with van der Waals surface area (Å²) < 4.78 is 2.49. The Kier molecular flexibility index (Phi) is 11.5. The minimum atomic E-state index is -0.888. The first-order valence-electron chi connectivity index (χ1n) is 15.7. The molecule has 222 valence electrons. The molecule has 0 aliphatic heterocycles. The van der Waals surface area contributed by atoms with Gasteiger partial charge in [-0.1, -0.05) is 112 Å². The SMILES string of the molecule is CCCCCCN(Cc1ccc(C(=O)O)cc1)Cc1c(-c2ccc(C)cc2)nc(-c2ccccc2C)n1CCCCC. The topological polar surface area (TPSA) is 58.4 Å². The van der Waals surface area contributed by atoms with Crippen molar-refractivity contribution in [1.29, 1.82) is 0 Å². The summed E-state index contributed by atoms with van der Waals surface area (Å²) >= 11 is 0. The van der Waals surface area contributed by atoms with Crippen LogP contribution in [0.15, 0.2) is 72.8 Å². The van der Waals surface area contributed by atoms with Crippen molar-refractivity contribution < 1.29 is 9.90 Å². The fraction of sp³-hybridized carbons (Fsp3) is 0.405. The van der Waals surface area contributed by atoms with E-state index in [2.05, 4.69) is 85.7 Å². The Morgan fingerprint density at radius 2 is 1.50 bits per heavy atom. The molecule has 1 N–H and O–H groups in total. The number of carboxylic acid groups (broad SMARTS) is 1. The maximum Gasteiger partial charge on any atom is 0.335 e. The summed E-state index contributed by atoms with van der Waals surface area (Å²) in [7, 11) is 0. The average molecular weight is 566 g/mol. The molecule has 0 saturated heterocycles. The molecule has 4 aromatic rings. The molecule has 0 spiro atoms. The first kappa shape index (κ1) is 31.2. The van der Waals surface area contributed by atoms with Crippen LogP contribution >= 0.6 is 0 Å². The van der Waals surface area contributed by atoms with Gasteiger partial charge in [0.25, 0.3) is 0 Å². The van der Waals surface area contributed by atoms with Gasteiger partial charge in [0.15, 0.2) is 0 Å². The second kappa shape index (κ2) is 15.5. The number of nitrogens with zero attached hydrogens (tertiary/aromatic N) is 3. The smallest absolute Gasteiger partial charge is 0.335 e. The number of aryl methyl sites for hydroxylation is 2. The maximum absolute atomic E-state index is 11.4. The van der Waals surface area contributed by atoms with E-state index in [0.717, 1.165) is 61.7 Å². The number of aromatic carboxylic acids is 1. The number of hydrogen-bond acceptors (Lipinski definition) is 3. The van der Waals surface area contributed by atoms with Crippen LogP contribution in [0.2, 0.25) is 0 Å². The minimum absolute atomic E-state index is 0.326. The molecule has 5 heteroatoms. The van der Waals surface area contributed by atoms with Crippen LogP contribution in [0.25, 0.3) is 22.6 Å². The maximum atomic E-state index is 11.4. The summed E-state index contributed by atoms with van der Waals surface area (Å²) in [5.41, 5.74) is 8.58. The van der Waals surface area contributed by atoms with Gasteiger partial charge >= 0.3 is 5.97 Å². The molecule has 0 amide bonds. The molecule has 1 aromatic heterocycles. The van der Waals surface area contributed by atoms with Crippen LogP contribution < -0.4 is 0 Å². The number of hydrogen-bond donors (Lipinski definition) is 1. The van der Waals surface area contributed by atoms with Crippen LogP contribution in [0.4, 0.5) is 0 Å². The molecule has 0 fully saturated rings. The number of rotatable bonds is 16. The van der Waals surface area contributed by atoms with Crippen LogP contribution in [0, 0.1) is 13.8 Å². The van der Waals surface area contributed by atoms with Crippen molar-refractivity contribution in [2.45, 2.75) is 92.3 Å². The van der Waals surface area contributed by atoms with Crippen LogP contribution in [0.1, 0.15) is 91.5 Å². The summed E-state index contributed by atoms with van der Waals surface area (Å²) in [6, 6.07) is 24.7. The number of unbranched alkanes of at least 4 members (excludes halogenated alkanes) is 5. The molecule has 4 rings (SSSR count). The lowest BCUT2D eigenvalue weighted by molar-refractivity contribution is 0.0697. The first-order chi connectivity index (χ1) is 20.4. The Bertz CT molecular complexity index is 1420. The number of carboxylic acids is 1. The highest BCUT2D eigenvalue weighted by atomic mass is 16.4. The Morgan fingerprint density at radius 1 is 0.810 bits per heavy atom. The highest BCUT2D eigenvalue weighted by Crippen LogP contribution is 2.33. The summed E-state index contributed by atoms with van der Waals surface area (Å²) in [6.07, 6.45) is 8.25. The average Bonchev–Trinajstić information content (AvgIpc) is 3.33. The van der Waals surface area contributed by atoms with Crippen molar-refractivity contribution in [3.05, 3.63) is 101 Å². The van der Waals surface area contributed by atoms with Gasteiger partial charge in [0.1, 0.15) is 5.82 Å². The van der Waals surface area contributed by atoms with Crippen LogP contribution in [-0.4, -0.2) is 32.1 Å². The van der Waals surface area contributed by atoms with Gasteiger partial charge in [-0.2, -0.15) is 0 Å². The number of aromatic nitrogens is 2. The van der Waals surface area contributed by atoms with Gasteiger partial charge in [-0.25, -0.2) is 9.78 Å². The van der Waals surface area contributed by atoms with E-state index >= 15 is 0 Å². The second-order valence-corrected chi connectivity index (χ2v) is 11.5. The van der Waals surface area contributed by atoms with E-state index < -0.39 is 5.97 Å². The Balaban J connectivity index is 1.79. The van der Waals surface area contributed by atoms with Crippen LogP contribution in [0.5, 0.6) is 0 Å². The van der Waals surface area contributed by atoms with Crippen molar-refractivity contribution in [3.8, 4) is 22.6 Å². The van der Waals surface area contributed by atoms with Gasteiger partial charge in [0, 0.05) is 30.8 Å². The summed E-state index contributed by atoms with van der Waals surface area (Å²) in [5.74, 6) is 0.159. The lowest BCUT2D eigenvalue weighted by Crippen LogP contribution is -2.26. The zero-order chi connectivity index (χ0) is 29.9. The van der Waals surface area contributed by atoms with Crippen molar-refractivity contribution in [3.63, 3.8) is 0 Å². The Morgan fingerprint density at radius 3 is 2.17 bits per heavy atom. The normalized spacial score (nSPS) is 11.4. The molecule has 5 nitrogen and oxygen atoms in total. The van der Waals surface area contributed by atoms with E-state index in [1.165, 1.54) is 54.5 Å². The Hall–Kier alpha value is -3.70. The van der Waals surface area contributed by atoms with Gasteiger partial charge in [-0.15, -0.1) is 0 Å². The van der Waals surface area contributed by atoms with Crippen molar-refractivity contribution >= 4 is 5.97 Å². The van der Waals surface area contributed by atoms with Crippen molar-refractivity contribution in [2.75, 3.05) is 6.54 Å². The van der Waals surface area contributed by atoms with E-state index in [4.69, 9.17) is 4.98 Å². The monoisotopic (exact) mass is 565 g/mol. The molecular formula is C37H47N3O2. The van der Waals surface area contributed by atoms with E-state index in [9.17, 15) is 9.90 Å². The molecule has 0 atom stereocenters. The number of benzene rings is 3. The van der Waals surface area contributed by atoms with E-state index in [1.54, 1.807) is 12.1 Å². The molecule has 0 aliphatic rings. The standard InChI is InChI=1S/C37H47N3O2/c1-5-7-9-13-24-39(26-30-18-22-32(23-19-30)37(41)42)27-34-35(31-20-16-28(3)17-21-31)38-36(40(34)25-12-8-6-2)33-15-11-10-14-29(33)4/h10-11,14-23H,5-9,12-13,24-27H2,1-4H3,(H,41,42). The number of imidazole rings is 1. The molecule has 0 radical (unpaired) electrons. The van der Waals surface area contributed by atoms with Gasteiger partial charge in [-0.05, 0) is 56.5 Å². The highest BCUT2D eigenvalue weighted by Gasteiger charge is 2.23. The number of carbonyl (C=O) groups is 1. The predicted molar refractivity (Wildman–Crippen MR) is 174 cm³/mol. The van der Waals surface area contributed by atoms with Crippen LogP contribution in [0.3, 0.4) is 0 Å². The largest absolute Gasteiger partial charge is 0.478 e. The molecule has 0 saturated carbocycles. The summed E-state index contributed by atoms with van der Waals surface area (Å²) in [5, 5.41) is 9.39. The molecule has 3 aromatic carbocycles. The van der Waals surface area contributed by atoms with Crippen molar-refractivity contribution in [1.82, 2.24) is 14.5 Å². The third kappa shape index (κ3) is 8.19. The van der Waals surface area contributed by atoms with Gasteiger partial charge in [0.2, 0.25) is 0 Å².